The van der Waals surface area contributed by atoms with Crippen molar-refractivity contribution in [1.82, 2.24) is 20.4 Å². The quantitative estimate of drug-likeness (QED) is 0.764. The molecule has 116 valence electrons. The molecule has 1 aliphatic rings. The minimum atomic E-state index is 0.0792. The summed E-state index contributed by atoms with van der Waals surface area (Å²) in [6.07, 6.45) is 1.75. The van der Waals surface area contributed by atoms with Crippen molar-refractivity contribution in [2.75, 3.05) is 19.6 Å². The molecule has 0 bridgehead atoms. The second-order valence-corrected chi connectivity index (χ2v) is 5.84. The fourth-order valence-corrected chi connectivity index (χ4v) is 3.10. The highest BCUT2D eigenvalue weighted by Crippen LogP contribution is 2.20. The maximum Gasteiger partial charge on any atom is 0.253 e. The molecule has 1 amide bonds. The normalized spacial score (nSPS) is 18.3. The first-order valence-electron chi connectivity index (χ1n) is 7.82. The number of rotatable bonds is 2. The lowest BCUT2D eigenvalue weighted by atomic mass is 10.0. The number of nitrogens with one attached hydrogen (secondary N) is 2. The Morgan fingerprint density at radius 3 is 2.91 bits per heavy atom. The largest absolute Gasteiger partial charge is 0.335 e. The Morgan fingerprint density at radius 2 is 2.04 bits per heavy atom. The number of nitrogens with zero attached hydrogens (tertiary/aromatic N) is 2. The zero-order valence-corrected chi connectivity index (χ0v) is 12.7. The van der Waals surface area contributed by atoms with E-state index >= 15 is 0 Å². The first-order chi connectivity index (χ1) is 11.3. The molecule has 2 aromatic carbocycles. The van der Waals surface area contributed by atoms with Crippen molar-refractivity contribution in [2.24, 2.45) is 0 Å². The summed E-state index contributed by atoms with van der Waals surface area (Å²) in [7, 11) is 0. The van der Waals surface area contributed by atoms with Crippen LogP contribution in [-0.2, 0) is 0 Å². The van der Waals surface area contributed by atoms with E-state index in [9.17, 15) is 4.79 Å². The van der Waals surface area contributed by atoms with E-state index in [2.05, 4.69) is 27.6 Å². The highest BCUT2D eigenvalue weighted by molar-refractivity contribution is 5.98. The number of carbonyl (C=O) groups is 1. The summed E-state index contributed by atoms with van der Waals surface area (Å²) in [5.41, 5.74) is 2.88. The third-order valence-corrected chi connectivity index (χ3v) is 4.35. The van der Waals surface area contributed by atoms with E-state index < -0.39 is 0 Å². The number of fused-ring (bicyclic) bond motifs is 1. The topological polar surface area (TPSA) is 61.0 Å². The number of H-pyrrole nitrogens is 1. The van der Waals surface area contributed by atoms with Gasteiger partial charge in [0.25, 0.3) is 5.91 Å². The Labute approximate surface area is 134 Å². The van der Waals surface area contributed by atoms with Gasteiger partial charge >= 0.3 is 0 Å². The molecule has 5 heteroatoms. The summed E-state index contributed by atoms with van der Waals surface area (Å²) in [6.45, 7) is 2.22. The van der Waals surface area contributed by atoms with Gasteiger partial charge in [-0.05, 0) is 23.8 Å². The zero-order valence-electron chi connectivity index (χ0n) is 12.7. The smallest absolute Gasteiger partial charge is 0.253 e. The Hall–Kier alpha value is -2.66. The maximum absolute atomic E-state index is 12.8. The molecule has 0 aliphatic carbocycles. The van der Waals surface area contributed by atoms with Gasteiger partial charge in [-0.25, -0.2) is 0 Å². The second kappa shape index (κ2) is 5.85. The van der Waals surface area contributed by atoms with Crippen molar-refractivity contribution >= 4 is 16.8 Å². The molecule has 0 radical (unpaired) electrons. The van der Waals surface area contributed by atoms with Gasteiger partial charge in [-0.2, -0.15) is 5.10 Å². The number of benzene rings is 2. The van der Waals surface area contributed by atoms with E-state index in [0.29, 0.717) is 12.1 Å². The molecule has 5 nitrogen and oxygen atoms in total. The van der Waals surface area contributed by atoms with Crippen LogP contribution in [-0.4, -0.2) is 40.6 Å². The highest BCUT2D eigenvalue weighted by Gasteiger charge is 2.25. The van der Waals surface area contributed by atoms with Gasteiger partial charge in [0.1, 0.15) is 0 Å². The Morgan fingerprint density at radius 1 is 1.17 bits per heavy atom. The summed E-state index contributed by atoms with van der Waals surface area (Å²) in [5, 5.41) is 11.4. The Bertz CT molecular complexity index is 827. The number of piperazine rings is 1. The SMILES string of the molecule is O=C(c1ccc2[nH]ncc2c1)N1CCNC(c2ccccc2)C1. The van der Waals surface area contributed by atoms with Crippen molar-refractivity contribution in [2.45, 2.75) is 6.04 Å². The first-order valence-corrected chi connectivity index (χ1v) is 7.82. The van der Waals surface area contributed by atoms with Gasteiger partial charge in [-0.3, -0.25) is 9.89 Å². The third-order valence-electron chi connectivity index (χ3n) is 4.35. The lowest BCUT2D eigenvalue weighted by Crippen LogP contribution is -2.48. The van der Waals surface area contributed by atoms with Crippen molar-refractivity contribution in [3.63, 3.8) is 0 Å². The van der Waals surface area contributed by atoms with E-state index in [1.165, 1.54) is 5.56 Å². The predicted octanol–water partition coefficient (Wildman–Crippen LogP) is 2.35. The van der Waals surface area contributed by atoms with Crippen LogP contribution in [0.2, 0.25) is 0 Å². The molecule has 1 atom stereocenters. The maximum atomic E-state index is 12.8. The molecule has 2 heterocycles. The fraction of sp³-hybridized carbons (Fsp3) is 0.222. The zero-order chi connectivity index (χ0) is 15.6. The van der Waals surface area contributed by atoms with Crippen molar-refractivity contribution in [1.29, 1.82) is 0 Å². The van der Waals surface area contributed by atoms with Crippen molar-refractivity contribution < 1.29 is 4.79 Å². The number of hydrogen-bond acceptors (Lipinski definition) is 3. The van der Waals surface area contributed by atoms with Crippen molar-refractivity contribution in [3.8, 4) is 0 Å². The summed E-state index contributed by atoms with van der Waals surface area (Å²) in [4.78, 5) is 14.7. The van der Waals surface area contributed by atoms with Gasteiger partial charge in [-0.1, -0.05) is 30.3 Å². The van der Waals surface area contributed by atoms with Gasteiger partial charge in [0, 0.05) is 36.6 Å². The summed E-state index contributed by atoms with van der Waals surface area (Å²) in [5.74, 6) is 0.0792. The fourth-order valence-electron chi connectivity index (χ4n) is 3.10. The summed E-state index contributed by atoms with van der Waals surface area (Å²) < 4.78 is 0. The molecule has 23 heavy (non-hydrogen) atoms. The molecule has 1 saturated heterocycles. The predicted molar refractivity (Wildman–Crippen MR) is 89.2 cm³/mol. The van der Waals surface area contributed by atoms with E-state index in [4.69, 9.17) is 0 Å². The average molecular weight is 306 g/mol. The number of hydrogen-bond donors (Lipinski definition) is 2. The van der Waals surface area contributed by atoms with Crippen LogP contribution >= 0.6 is 0 Å². The lowest BCUT2D eigenvalue weighted by molar-refractivity contribution is 0.0703. The molecular formula is C18H18N4O. The summed E-state index contributed by atoms with van der Waals surface area (Å²) in [6, 6.07) is 16.1. The molecule has 1 aliphatic heterocycles. The highest BCUT2D eigenvalue weighted by atomic mass is 16.2. The van der Waals surface area contributed by atoms with Crippen LogP contribution < -0.4 is 5.32 Å². The van der Waals surface area contributed by atoms with E-state index in [0.717, 1.165) is 24.0 Å². The molecule has 0 spiro atoms. The minimum Gasteiger partial charge on any atom is -0.335 e. The van der Waals surface area contributed by atoms with Crippen LogP contribution in [0.1, 0.15) is 22.0 Å². The molecule has 0 saturated carbocycles. The Kier molecular flexibility index (Phi) is 3.55. The van der Waals surface area contributed by atoms with Crippen LogP contribution in [0.4, 0.5) is 0 Å². The molecule has 1 unspecified atom stereocenters. The Balaban J connectivity index is 1.55. The standard InChI is InChI=1S/C18H18N4O/c23-18(14-6-7-16-15(10-14)11-20-21-16)22-9-8-19-17(12-22)13-4-2-1-3-5-13/h1-7,10-11,17,19H,8-9,12H2,(H,20,21). The average Bonchev–Trinajstić information content (AvgIpc) is 3.09. The van der Waals surface area contributed by atoms with Gasteiger partial charge in [0.05, 0.1) is 11.7 Å². The van der Waals surface area contributed by atoms with E-state index in [1.807, 2.05) is 41.3 Å². The van der Waals surface area contributed by atoms with Crippen LogP contribution in [0.5, 0.6) is 0 Å². The molecular weight excluding hydrogens is 288 g/mol. The first kappa shape index (κ1) is 14.0. The third kappa shape index (κ3) is 2.71. The van der Waals surface area contributed by atoms with Gasteiger partial charge in [0.15, 0.2) is 0 Å². The number of aromatic amines is 1. The number of aromatic nitrogens is 2. The van der Waals surface area contributed by atoms with E-state index in [1.54, 1.807) is 6.20 Å². The summed E-state index contributed by atoms with van der Waals surface area (Å²) >= 11 is 0. The minimum absolute atomic E-state index is 0.0792. The van der Waals surface area contributed by atoms with Crippen molar-refractivity contribution in [3.05, 3.63) is 65.9 Å². The van der Waals surface area contributed by atoms with Crippen LogP contribution in [0, 0.1) is 0 Å². The number of carbonyl (C=O) groups excluding carboxylic acids is 1. The monoisotopic (exact) mass is 306 g/mol. The lowest BCUT2D eigenvalue weighted by Gasteiger charge is -2.34. The number of amides is 1. The van der Waals surface area contributed by atoms with Crippen LogP contribution in [0.25, 0.3) is 10.9 Å². The molecule has 3 aromatic rings. The molecule has 1 aromatic heterocycles. The van der Waals surface area contributed by atoms with E-state index in [-0.39, 0.29) is 11.9 Å². The van der Waals surface area contributed by atoms with Gasteiger partial charge in [0.2, 0.25) is 0 Å². The van der Waals surface area contributed by atoms with Crippen LogP contribution in [0.15, 0.2) is 54.7 Å². The molecule has 4 rings (SSSR count). The van der Waals surface area contributed by atoms with Gasteiger partial charge < -0.3 is 10.2 Å². The molecule has 2 N–H and O–H groups in total. The molecule has 1 fully saturated rings. The second-order valence-electron chi connectivity index (χ2n) is 5.84. The van der Waals surface area contributed by atoms with Crippen LogP contribution in [0.3, 0.4) is 0 Å². The van der Waals surface area contributed by atoms with Gasteiger partial charge in [-0.15, -0.1) is 0 Å².